The van der Waals surface area contributed by atoms with Crippen LogP contribution >= 0.6 is 27.3 Å². The molecule has 0 fully saturated rings. The number of carbonyl (C=O) groups excluding carboxylic acids is 1. The van der Waals surface area contributed by atoms with Crippen LogP contribution in [0.4, 0.5) is 4.79 Å². The van der Waals surface area contributed by atoms with Crippen LogP contribution in [0.5, 0.6) is 0 Å². The number of carboxylic acid groups (broad SMARTS) is 1. The summed E-state index contributed by atoms with van der Waals surface area (Å²) in [5.74, 6) is -1.46. The van der Waals surface area contributed by atoms with E-state index < -0.39 is 11.9 Å². The largest absolute Gasteiger partial charge is 0.481 e. The highest BCUT2D eigenvalue weighted by atomic mass is 79.9. The van der Waals surface area contributed by atoms with E-state index in [2.05, 4.69) is 26.6 Å². The summed E-state index contributed by atoms with van der Waals surface area (Å²) in [5.41, 5.74) is -0.0928. The fourth-order valence-corrected chi connectivity index (χ4v) is 3.27. The predicted molar refractivity (Wildman–Crippen MR) is 87.5 cm³/mol. The van der Waals surface area contributed by atoms with Gasteiger partial charge in [-0.05, 0) is 33.8 Å². The Morgan fingerprint density at radius 3 is 2.52 bits per heavy atom. The van der Waals surface area contributed by atoms with Gasteiger partial charge in [-0.3, -0.25) is 4.79 Å². The number of nitrogens with one attached hydrogen (secondary N) is 2. The van der Waals surface area contributed by atoms with Gasteiger partial charge in [-0.2, -0.15) is 0 Å². The number of carboxylic acids is 1. The standard InChI is InChI=1S/C14H21BrN2O3S/c1-14(2,3)5-9(12(18)19)6-16-13(20)17-7-11-4-10(15)8-21-11/h4,8-9H,5-7H2,1-3H3,(H,18,19)(H2,16,17,20). The molecule has 0 bridgehead atoms. The number of hydrogen-bond donors (Lipinski definition) is 3. The predicted octanol–water partition coefficient (Wildman–Crippen LogP) is 3.45. The van der Waals surface area contributed by atoms with Gasteiger partial charge in [0.05, 0.1) is 12.5 Å². The number of carbonyl (C=O) groups is 2. The number of halogens is 1. The Labute approximate surface area is 137 Å². The third-order valence-corrected chi connectivity index (χ3v) is 4.46. The van der Waals surface area contributed by atoms with Crippen LogP contribution < -0.4 is 10.6 Å². The van der Waals surface area contributed by atoms with Gasteiger partial charge in [-0.25, -0.2) is 4.79 Å². The van der Waals surface area contributed by atoms with E-state index in [0.29, 0.717) is 13.0 Å². The minimum absolute atomic E-state index is 0.0928. The van der Waals surface area contributed by atoms with Crippen LogP contribution in [0, 0.1) is 11.3 Å². The number of aliphatic carboxylic acids is 1. The zero-order valence-electron chi connectivity index (χ0n) is 12.4. The van der Waals surface area contributed by atoms with Gasteiger partial charge < -0.3 is 15.7 Å². The van der Waals surface area contributed by atoms with Crippen LogP contribution in [-0.4, -0.2) is 23.7 Å². The molecule has 0 aliphatic heterocycles. The molecule has 5 nitrogen and oxygen atoms in total. The Hall–Kier alpha value is -1.08. The molecule has 1 aromatic heterocycles. The van der Waals surface area contributed by atoms with Crippen molar-refractivity contribution in [1.82, 2.24) is 10.6 Å². The molecule has 0 aromatic carbocycles. The maximum Gasteiger partial charge on any atom is 0.315 e. The number of thiophene rings is 1. The second-order valence-corrected chi connectivity index (χ2v) is 8.01. The first-order valence-corrected chi connectivity index (χ1v) is 8.32. The third-order valence-electron chi connectivity index (χ3n) is 2.76. The molecule has 0 saturated carbocycles. The Kier molecular flexibility index (Phi) is 6.67. The van der Waals surface area contributed by atoms with Crippen LogP contribution in [0.25, 0.3) is 0 Å². The Morgan fingerprint density at radius 1 is 1.38 bits per heavy atom. The lowest BCUT2D eigenvalue weighted by Gasteiger charge is -2.23. The molecule has 1 rings (SSSR count). The molecule has 3 N–H and O–H groups in total. The molecular weight excluding hydrogens is 356 g/mol. The molecule has 1 aromatic rings. The van der Waals surface area contributed by atoms with Crippen molar-refractivity contribution in [3.05, 3.63) is 20.8 Å². The SMILES string of the molecule is CC(C)(C)CC(CNC(=O)NCc1cc(Br)cs1)C(=O)O. The zero-order chi connectivity index (χ0) is 16.0. The second-order valence-electron chi connectivity index (χ2n) is 6.09. The second kappa shape index (κ2) is 7.79. The summed E-state index contributed by atoms with van der Waals surface area (Å²) in [6, 6.07) is 1.59. The summed E-state index contributed by atoms with van der Waals surface area (Å²) >= 11 is 4.89. The van der Waals surface area contributed by atoms with Crippen LogP contribution in [0.1, 0.15) is 32.1 Å². The highest BCUT2D eigenvalue weighted by molar-refractivity contribution is 9.10. The molecule has 118 valence electrons. The maximum atomic E-state index is 11.7. The van der Waals surface area contributed by atoms with Crippen molar-refractivity contribution in [3.8, 4) is 0 Å². The van der Waals surface area contributed by atoms with E-state index in [9.17, 15) is 14.7 Å². The minimum atomic E-state index is -0.882. The lowest BCUT2D eigenvalue weighted by atomic mass is 9.84. The molecule has 21 heavy (non-hydrogen) atoms. The summed E-state index contributed by atoms with van der Waals surface area (Å²) in [6.07, 6.45) is 0.514. The lowest BCUT2D eigenvalue weighted by Crippen LogP contribution is -2.40. The van der Waals surface area contributed by atoms with E-state index in [-0.39, 0.29) is 18.0 Å². The highest BCUT2D eigenvalue weighted by Crippen LogP contribution is 2.24. The summed E-state index contributed by atoms with van der Waals surface area (Å²) in [6.45, 7) is 6.51. The van der Waals surface area contributed by atoms with Crippen molar-refractivity contribution in [2.24, 2.45) is 11.3 Å². The fourth-order valence-electron chi connectivity index (χ4n) is 1.88. The van der Waals surface area contributed by atoms with Gasteiger partial charge in [0.15, 0.2) is 0 Å². The van der Waals surface area contributed by atoms with Gasteiger partial charge in [-0.15, -0.1) is 11.3 Å². The average Bonchev–Trinajstić information content (AvgIpc) is 2.76. The number of rotatable bonds is 6. The first-order chi connectivity index (χ1) is 9.67. The summed E-state index contributed by atoms with van der Waals surface area (Å²) < 4.78 is 0.987. The average molecular weight is 377 g/mol. The van der Waals surface area contributed by atoms with Crippen LogP contribution in [0.2, 0.25) is 0 Å². The van der Waals surface area contributed by atoms with E-state index >= 15 is 0 Å². The number of urea groups is 1. The first kappa shape index (κ1) is 18.0. The summed E-state index contributed by atoms with van der Waals surface area (Å²) in [5, 5.41) is 16.5. The summed E-state index contributed by atoms with van der Waals surface area (Å²) in [7, 11) is 0. The lowest BCUT2D eigenvalue weighted by molar-refractivity contribution is -0.142. The van der Waals surface area contributed by atoms with Crippen LogP contribution in [0.3, 0.4) is 0 Å². The molecule has 0 saturated heterocycles. The van der Waals surface area contributed by atoms with E-state index in [1.807, 2.05) is 32.2 Å². The first-order valence-electron chi connectivity index (χ1n) is 6.65. The Morgan fingerprint density at radius 2 is 2.05 bits per heavy atom. The van der Waals surface area contributed by atoms with E-state index in [4.69, 9.17) is 0 Å². The van der Waals surface area contributed by atoms with E-state index in [0.717, 1.165) is 9.35 Å². The monoisotopic (exact) mass is 376 g/mol. The van der Waals surface area contributed by atoms with Crippen molar-refractivity contribution >= 4 is 39.3 Å². The molecule has 0 aliphatic rings. The quantitative estimate of drug-likeness (QED) is 0.711. The molecule has 0 radical (unpaired) electrons. The number of hydrogen-bond acceptors (Lipinski definition) is 3. The normalized spacial score (nSPS) is 12.8. The van der Waals surface area contributed by atoms with E-state index in [1.165, 1.54) is 0 Å². The Bertz CT molecular complexity index is 497. The smallest absolute Gasteiger partial charge is 0.315 e. The minimum Gasteiger partial charge on any atom is -0.481 e. The molecule has 0 spiro atoms. The molecule has 1 unspecified atom stereocenters. The maximum absolute atomic E-state index is 11.7. The highest BCUT2D eigenvalue weighted by Gasteiger charge is 2.24. The fraction of sp³-hybridized carbons (Fsp3) is 0.571. The van der Waals surface area contributed by atoms with Gasteiger partial charge in [0.1, 0.15) is 0 Å². The molecule has 1 atom stereocenters. The van der Waals surface area contributed by atoms with Crippen LogP contribution in [-0.2, 0) is 11.3 Å². The summed E-state index contributed by atoms with van der Waals surface area (Å²) in [4.78, 5) is 23.9. The molecular formula is C14H21BrN2O3S. The molecule has 1 heterocycles. The van der Waals surface area contributed by atoms with Gasteiger partial charge in [0, 0.05) is 21.3 Å². The molecule has 7 heteroatoms. The molecule has 0 aliphatic carbocycles. The van der Waals surface area contributed by atoms with Gasteiger partial charge >= 0.3 is 12.0 Å². The number of amides is 2. The van der Waals surface area contributed by atoms with Crippen molar-refractivity contribution in [2.45, 2.75) is 33.7 Å². The molecule has 2 amide bonds. The third kappa shape index (κ3) is 7.47. The van der Waals surface area contributed by atoms with Gasteiger partial charge in [-0.1, -0.05) is 20.8 Å². The van der Waals surface area contributed by atoms with Gasteiger partial charge in [0.25, 0.3) is 0 Å². The van der Waals surface area contributed by atoms with Gasteiger partial charge in [0.2, 0.25) is 0 Å². The van der Waals surface area contributed by atoms with Crippen molar-refractivity contribution in [3.63, 3.8) is 0 Å². The Balaban J connectivity index is 2.37. The van der Waals surface area contributed by atoms with Crippen molar-refractivity contribution in [1.29, 1.82) is 0 Å². The van der Waals surface area contributed by atoms with Crippen LogP contribution in [0.15, 0.2) is 15.9 Å². The topological polar surface area (TPSA) is 78.4 Å². The zero-order valence-corrected chi connectivity index (χ0v) is 14.8. The van der Waals surface area contributed by atoms with Crippen molar-refractivity contribution < 1.29 is 14.7 Å². The van der Waals surface area contributed by atoms with E-state index in [1.54, 1.807) is 11.3 Å². The van der Waals surface area contributed by atoms with Crippen molar-refractivity contribution in [2.75, 3.05) is 6.54 Å².